The number of nitrogens with zero attached hydrogens (tertiary/aromatic N) is 4. The fraction of sp³-hybridized carbons (Fsp3) is 0.200. The van der Waals surface area contributed by atoms with Crippen LogP contribution >= 0.6 is 0 Å². The molecule has 3 N–H and O–H groups in total. The number of nitrogen functional groups attached to an aromatic ring is 1. The third kappa shape index (κ3) is 3.66. The van der Waals surface area contributed by atoms with Gasteiger partial charge < -0.3 is 15.5 Å². The van der Waals surface area contributed by atoms with E-state index in [1.807, 2.05) is 13.8 Å². The minimum absolute atomic E-state index is 0.0711. The van der Waals surface area contributed by atoms with Crippen LogP contribution in [-0.4, -0.2) is 19.7 Å². The highest BCUT2D eigenvalue weighted by atomic mass is 19.1. The van der Waals surface area contributed by atoms with Crippen molar-refractivity contribution in [2.45, 2.75) is 20.8 Å². The molecule has 0 saturated heterocycles. The lowest BCUT2D eigenvalue weighted by molar-refractivity contribution is 0.590. The molecule has 150 valence electrons. The van der Waals surface area contributed by atoms with Crippen molar-refractivity contribution in [2.75, 3.05) is 11.1 Å². The molecule has 0 radical (unpaired) electrons. The fourth-order valence-corrected chi connectivity index (χ4v) is 2.87. The van der Waals surface area contributed by atoms with Crippen LogP contribution in [0.3, 0.4) is 0 Å². The predicted octanol–water partition coefficient (Wildman–Crippen LogP) is 3.78. The topological polar surface area (TPSA) is 112 Å². The normalized spacial score (nSPS) is 10.5. The molecule has 0 bridgehead atoms. The van der Waals surface area contributed by atoms with Crippen molar-refractivity contribution in [2.24, 2.45) is 7.05 Å². The molecule has 3 aromatic heterocycles. The number of nitrogens with two attached hydrogens (primary N) is 1. The summed E-state index contributed by atoms with van der Waals surface area (Å²) in [5.74, 6) is -0.126. The van der Waals surface area contributed by atoms with E-state index in [4.69, 9.17) is 10.2 Å². The first-order valence-electron chi connectivity index (χ1n) is 9.06. The Labute approximate surface area is 166 Å². The second-order valence-electron chi connectivity index (χ2n) is 6.04. The lowest BCUT2D eigenvalue weighted by Gasteiger charge is -2.16. The number of nitrogens with one attached hydrogen (secondary N) is 1. The van der Waals surface area contributed by atoms with Crippen molar-refractivity contribution >= 4 is 28.4 Å². The van der Waals surface area contributed by atoms with Crippen molar-refractivity contribution < 1.29 is 8.81 Å². The van der Waals surface area contributed by atoms with Gasteiger partial charge in [-0.1, -0.05) is 25.0 Å². The highest BCUT2D eigenvalue weighted by Crippen LogP contribution is 2.34. The third-order valence-corrected chi connectivity index (χ3v) is 4.18. The number of aromatic nitrogens is 4. The maximum absolute atomic E-state index is 14.4. The van der Waals surface area contributed by atoms with Crippen LogP contribution in [0, 0.1) is 12.7 Å². The SMILES string of the molecule is CC.Cc1ccc(Nc2c(-c3nnc(N)o3)c3ncccc3c(=O)n2C)c(F)c1. The third-order valence-electron chi connectivity index (χ3n) is 4.18. The molecule has 9 heteroatoms. The van der Waals surface area contributed by atoms with Crippen LogP contribution in [-0.2, 0) is 7.05 Å². The molecule has 1 aromatic carbocycles. The number of anilines is 3. The van der Waals surface area contributed by atoms with Crippen molar-refractivity contribution in [3.8, 4) is 11.5 Å². The van der Waals surface area contributed by atoms with Gasteiger partial charge in [0, 0.05) is 13.2 Å². The van der Waals surface area contributed by atoms with Crippen LogP contribution in [0.4, 0.5) is 21.9 Å². The van der Waals surface area contributed by atoms with E-state index in [-0.39, 0.29) is 29.0 Å². The first kappa shape index (κ1) is 20.0. The van der Waals surface area contributed by atoms with Gasteiger partial charge in [0.1, 0.15) is 17.2 Å². The highest BCUT2D eigenvalue weighted by Gasteiger charge is 2.22. The first-order chi connectivity index (χ1) is 14.0. The second kappa shape index (κ2) is 8.09. The minimum Gasteiger partial charge on any atom is -0.403 e. The predicted molar refractivity (Wildman–Crippen MR) is 110 cm³/mol. The van der Waals surface area contributed by atoms with Crippen LogP contribution < -0.4 is 16.6 Å². The van der Waals surface area contributed by atoms with Gasteiger partial charge in [-0.05, 0) is 36.8 Å². The van der Waals surface area contributed by atoms with Crippen molar-refractivity contribution in [3.05, 3.63) is 58.3 Å². The Morgan fingerprint density at radius 2 is 1.97 bits per heavy atom. The minimum atomic E-state index is -0.459. The molecule has 4 rings (SSSR count). The van der Waals surface area contributed by atoms with Gasteiger partial charge in [0.15, 0.2) is 0 Å². The summed E-state index contributed by atoms with van der Waals surface area (Å²) in [6.45, 7) is 5.79. The molecule has 0 atom stereocenters. The molecular formula is C20H21FN6O2. The average Bonchev–Trinajstić information content (AvgIpc) is 3.15. The largest absolute Gasteiger partial charge is 0.403 e. The van der Waals surface area contributed by atoms with E-state index in [1.54, 1.807) is 44.4 Å². The quantitative estimate of drug-likeness (QED) is 0.542. The summed E-state index contributed by atoms with van der Waals surface area (Å²) < 4.78 is 21.1. The summed E-state index contributed by atoms with van der Waals surface area (Å²) in [5.41, 5.74) is 6.93. The van der Waals surface area contributed by atoms with E-state index >= 15 is 0 Å². The number of hydrogen-bond acceptors (Lipinski definition) is 7. The zero-order chi connectivity index (χ0) is 21.1. The molecule has 8 nitrogen and oxygen atoms in total. The lowest BCUT2D eigenvalue weighted by atomic mass is 10.1. The van der Waals surface area contributed by atoms with Crippen LogP contribution in [0.2, 0.25) is 0 Å². The Kier molecular flexibility index (Phi) is 5.58. The maximum atomic E-state index is 14.4. The number of pyridine rings is 2. The van der Waals surface area contributed by atoms with Crippen molar-refractivity contribution in [1.82, 2.24) is 19.7 Å². The highest BCUT2D eigenvalue weighted by molar-refractivity contribution is 5.97. The number of hydrogen-bond donors (Lipinski definition) is 2. The molecule has 0 fully saturated rings. The zero-order valence-corrected chi connectivity index (χ0v) is 16.5. The summed E-state index contributed by atoms with van der Waals surface area (Å²) in [7, 11) is 1.56. The van der Waals surface area contributed by atoms with Gasteiger partial charge in [-0.25, -0.2) is 4.39 Å². The summed E-state index contributed by atoms with van der Waals surface area (Å²) in [6, 6.07) is 7.91. The number of rotatable bonds is 3. The molecule has 0 spiro atoms. The molecule has 29 heavy (non-hydrogen) atoms. The summed E-state index contributed by atoms with van der Waals surface area (Å²) in [4.78, 5) is 17.1. The smallest absolute Gasteiger partial charge is 0.313 e. The molecule has 3 heterocycles. The van der Waals surface area contributed by atoms with Crippen molar-refractivity contribution in [3.63, 3.8) is 0 Å². The number of aryl methyl sites for hydroxylation is 1. The van der Waals surface area contributed by atoms with Gasteiger partial charge in [0.05, 0.1) is 16.6 Å². The molecular weight excluding hydrogens is 375 g/mol. The molecule has 0 aliphatic heterocycles. The van der Waals surface area contributed by atoms with Crippen LogP contribution in [0.25, 0.3) is 22.4 Å². The van der Waals surface area contributed by atoms with Gasteiger partial charge >= 0.3 is 6.01 Å². The average molecular weight is 396 g/mol. The van der Waals surface area contributed by atoms with E-state index in [2.05, 4.69) is 20.5 Å². The van der Waals surface area contributed by atoms with Crippen LogP contribution in [0.1, 0.15) is 19.4 Å². The second-order valence-corrected chi connectivity index (χ2v) is 6.04. The molecule has 0 aliphatic carbocycles. The maximum Gasteiger partial charge on any atom is 0.313 e. The van der Waals surface area contributed by atoms with Gasteiger partial charge in [-0.15, -0.1) is 5.10 Å². The Bertz CT molecular complexity index is 1230. The zero-order valence-electron chi connectivity index (χ0n) is 16.5. The van der Waals surface area contributed by atoms with Gasteiger partial charge in [0.25, 0.3) is 11.4 Å². The van der Waals surface area contributed by atoms with E-state index in [1.165, 1.54) is 10.6 Å². The molecule has 0 saturated carbocycles. The number of benzene rings is 1. The van der Waals surface area contributed by atoms with Crippen LogP contribution in [0.15, 0.2) is 45.7 Å². The molecule has 0 amide bonds. The van der Waals surface area contributed by atoms with Gasteiger partial charge in [0.2, 0.25) is 0 Å². The van der Waals surface area contributed by atoms with Gasteiger partial charge in [-0.3, -0.25) is 14.3 Å². The number of fused-ring (bicyclic) bond motifs is 1. The fourth-order valence-electron chi connectivity index (χ4n) is 2.87. The Balaban J connectivity index is 0.00000117. The summed E-state index contributed by atoms with van der Waals surface area (Å²) in [6.07, 6.45) is 1.54. The van der Waals surface area contributed by atoms with E-state index in [0.29, 0.717) is 16.5 Å². The Morgan fingerprint density at radius 3 is 2.62 bits per heavy atom. The Morgan fingerprint density at radius 1 is 1.21 bits per heavy atom. The summed E-state index contributed by atoms with van der Waals surface area (Å²) >= 11 is 0. The number of halogens is 1. The Hall–Kier alpha value is -3.75. The molecule has 0 unspecified atom stereocenters. The van der Waals surface area contributed by atoms with E-state index in [9.17, 15) is 9.18 Å². The standard InChI is InChI=1S/C18H15FN6O2.C2H6/c1-9-5-6-12(11(19)8-9)22-15-13(16-23-24-18(20)27-16)14-10(4-3-7-21-14)17(26)25(15)2;1-2/h3-8,22H,1-2H3,(H2,20,24);1-2H3. The monoisotopic (exact) mass is 396 g/mol. The van der Waals surface area contributed by atoms with Gasteiger partial charge in [-0.2, -0.15) is 0 Å². The van der Waals surface area contributed by atoms with Crippen LogP contribution in [0.5, 0.6) is 0 Å². The van der Waals surface area contributed by atoms with E-state index in [0.717, 1.165) is 5.56 Å². The summed E-state index contributed by atoms with van der Waals surface area (Å²) in [5, 5.41) is 10.9. The van der Waals surface area contributed by atoms with E-state index < -0.39 is 5.82 Å². The molecule has 0 aliphatic rings. The van der Waals surface area contributed by atoms with Crippen molar-refractivity contribution in [1.29, 1.82) is 0 Å². The first-order valence-corrected chi connectivity index (χ1v) is 9.06. The lowest BCUT2D eigenvalue weighted by Crippen LogP contribution is -2.21. The molecule has 4 aromatic rings.